The molecule has 30 heavy (non-hydrogen) atoms. The number of pyridine rings is 1. The van der Waals surface area contributed by atoms with Crippen molar-refractivity contribution < 1.29 is 9.59 Å². The Morgan fingerprint density at radius 2 is 2.03 bits per heavy atom. The maximum absolute atomic E-state index is 13.2. The van der Waals surface area contributed by atoms with Crippen LogP contribution in [0, 0.1) is 5.92 Å². The van der Waals surface area contributed by atoms with Crippen molar-refractivity contribution in [1.82, 2.24) is 24.8 Å². The van der Waals surface area contributed by atoms with E-state index in [0.29, 0.717) is 38.4 Å². The number of benzene rings is 1. The zero-order valence-corrected chi connectivity index (χ0v) is 17.0. The zero-order valence-electron chi connectivity index (χ0n) is 17.0. The highest BCUT2D eigenvalue weighted by molar-refractivity contribution is 5.91. The minimum absolute atomic E-state index is 0.0910. The molecule has 3 heterocycles. The lowest BCUT2D eigenvalue weighted by Crippen LogP contribution is -2.38. The van der Waals surface area contributed by atoms with Crippen molar-refractivity contribution in [3.63, 3.8) is 0 Å². The average Bonchev–Trinajstić information content (AvgIpc) is 3.28. The number of carbonyl (C=O) groups is 2. The molecule has 1 aliphatic heterocycles. The zero-order chi connectivity index (χ0) is 20.9. The summed E-state index contributed by atoms with van der Waals surface area (Å²) < 4.78 is 0. The van der Waals surface area contributed by atoms with Crippen molar-refractivity contribution in [2.45, 2.75) is 13.3 Å². The molecule has 1 atom stereocenters. The fourth-order valence-electron chi connectivity index (χ4n) is 3.99. The molecule has 4 rings (SSSR count). The van der Waals surface area contributed by atoms with Gasteiger partial charge in [-0.2, -0.15) is 0 Å². The highest BCUT2D eigenvalue weighted by Gasteiger charge is 2.33. The van der Waals surface area contributed by atoms with E-state index in [0.717, 1.165) is 16.7 Å². The minimum atomic E-state index is -0.316. The molecule has 1 fully saturated rings. The summed E-state index contributed by atoms with van der Waals surface area (Å²) in [4.78, 5) is 40.9. The number of hydrogen-bond donors (Lipinski definition) is 1. The number of imidazole rings is 1. The topological polar surface area (TPSA) is 82.2 Å². The Morgan fingerprint density at radius 3 is 2.77 bits per heavy atom. The molecule has 3 aromatic rings. The van der Waals surface area contributed by atoms with Gasteiger partial charge in [-0.25, -0.2) is 4.98 Å². The van der Waals surface area contributed by atoms with E-state index in [9.17, 15) is 9.59 Å². The molecule has 1 saturated heterocycles. The van der Waals surface area contributed by atoms with Crippen LogP contribution in [0.4, 0.5) is 0 Å². The summed E-state index contributed by atoms with van der Waals surface area (Å²) in [6.45, 7) is 4.00. The van der Waals surface area contributed by atoms with E-state index in [1.165, 1.54) is 0 Å². The third-order valence-corrected chi connectivity index (χ3v) is 5.57. The molecule has 0 unspecified atom stereocenters. The molecule has 154 valence electrons. The highest BCUT2D eigenvalue weighted by atomic mass is 16.2. The summed E-state index contributed by atoms with van der Waals surface area (Å²) in [5, 5.41) is 0. The Bertz CT molecular complexity index is 1000. The van der Waals surface area contributed by atoms with Crippen LogP contribution >= 0.6 is 0 Å². The number of aromatic nitrogens is 3. The van der Waals surface area contributed by atoms with Crippen molar-refractivity contribution in [3.8, 4) is 11.1 Å². The number of carbonyl (C=O) groups excluding carboxylic acids is 2. The largest absolute Gasteiger partial charge is 0.341 e. The molecule has 2 amide bonds. The monoisotopic (exact) mass is 403 g/mol. The molecular formula is C23H25N5O2. The maximum Gasteiger partial charge on any atom is 0.289 e. The summed E-state index contributed by atoms with van der Waals surface area (Å²) in [7, 11) is 0. The molecule has 2 aromatic heterocycles. The van der Waals surface area contributed by atoms with Gasteiger partial charge in [0, 0.05) is 56.5 Å². The van der Waals surface area contributed by atoms with Crippen molar-refractivity contribution in [2.75, 3.05) is 26.2 Å². The summed E-state index contributed by atoms with van der Waals surface area (Å²) in [5.41, 5.74) is 3.16. The van der Waals surface area contributed by atoms with Gasteiger partial charge in [-0.3, -0.25) is 14.6 Å². The van der Waals surface area contributed by atoms with Crippen LogP contribution in [0.1, 0.15) is 23.1 Å². The number of aromatic amines is 1. The number of rotatable bonds is 5. The average molecular weight is 403 g/mol. The van der Waals surface area contributed by atoms with Gasteiger partial charge in [0.1, 0.15) is 0 Å². The summed E-state index contributed by atoms with van der Waals surface area (Å²) >= 11 is 0. The molecule has 0 saturated carbocycles. The van der Waals surface area contributed by atoms with E-state index in [2.05, 4.69) is 27.1 Å². The smallest absolute Gasteiger partial charge is 0.289 e. The van der Waals surface area contributed by atoms with Crippen molar-refractivity contribution in [1.29, 1.82) is 0 Å². The van der Waals surface area contributed by atoms with Crippen molar-refractivity contribution in [3.05, 3.63) is 72.6 Å². The first-order chi connectivity index (χ1) is 14.7. The Kier molecular flexibility index (Phi) is 5.88. The van der Waals surface area contributed by atoms with Crippen LogP contribution in [-0.2, 0) is 11.2 Å². The van der Waals surface area contributed by atoms with Crippen LogP contribution in [0.5, 0.6) is 0 Å². The van der Waals surface area contributed by atoms with Crippen LogP contribution in [-0.4, -0.2) is 62.7 Å². The normalized spacial score (nSPS) is 17.1. The highest BCUT2D eigenvalue weighted by Crippen LogP contribution is 2.27. The lowest BCUT2D eigenvalue weighted by Gasteiger charge is -2.24. The SMILES string of the molecule is CCN1CCN(C(=O)c2ncc[nH]2)C[C@@H](Cc2ccccc2-c2cccnc2)C1=O. The molecule has 0 aliphatic carbocycles. The predicted octanol–water partition coefficient (Wildman–Crippen LogP) is 2.63. The minimum Gasteiger partial charge on any atom is -0.341 e. The van der Waals surface area contributed by atoms with Crippen LogP contribution < -0.4 is 0 Å². The molecule has 1 N–H and O–H groups in total. The van der Waals surface area contributed by atoms with Gasteiger partial charge < -0.3 is 14.8 Å². The third kappa shape index (κ3) is 4.10. The summed E-state index contributed by atoms with van der Waals surface area (Å²) in [5.74, 6) is -0.0874. The van der Waals surface area contributed by atoms with Crippen LogP contribution in [0.25, 0.3) is 11.1 Å². The number of nitrogens with one attached hydrogen (secondary N) is 1. The molecule has 0 spiro atoms. The lowest BCUT2D eigenvalue weighted by molar-refractivity contribution is -0.134. The van der Waals surface area contributed by atoms with E-state index in [1.54, 1.807) is 23.5 Å². The van der Waals surface area contributed by atoms with Gasteiger partial charge in [0.25, 0.3) is 5.91 Å². The standard InChI is InChI=1S/C23H25N5O2/c1-2-27-12-13-28(23(30)21-25-10-11-26-21)16-19(22(27)29)14-17-6-3-4-8-20(17)18-7-5-9-24-15-18/h3-11,15,19H,2,12-14,16H2,1H3,(H,25,26)/t19-/m1/s1. The first-order valence-electron chi connectivity index (χ1n) is 10.2. The van der Waals surface area contributed by atoms with E-state index in [4.69, 9.17) is 0 Å². The van der Waals surface area contributed by atoms with Gasteiger partial charge in [-0.15, -0.1) is 0 Å². The van der Waals surface area contributed by atoms with Crippen molar-refractivity contribution in [2.24, 2.45) is 5.92 Å². The van der Waals surface area contributed by atoms with Crippen LogP contribution in [0.3, 0.4) is 0 Å². The number of amides is 2. The number of likely N-dealkylation sites (N-methyl/N-ethyl adjacent to an activating group) is 1. The lowest BCUT2D eigenvalue weighted by atomic mass is 9.91. The molecular weight excluding hydrogens is 378 g/mol. The first-order valence-corrected chi connectivity index (χ1v) is 10.2. The first kappa shape index (κ1) is 19.8. The Hall–Kier alpha value is -3.48. The second-order valence-corrected chi connectivity index (χ2v) is 7.41. The van der Waals surface area contributed by atoms with Gasteiger partial charge in [0.05, 0.1) is 5.92 Å². The molecule has 1 aliphatic rings. The molecule has 0 bridgehead atoms. The molecule has 0 radical (unpaired) electrons. The van der Waals surface area contributed by atoms with E-state index >= 15 is 0 Å². The quantitative estimate of drug-likeness (QED) is 0.710. The number of hydrogen-bond acceptors (Lipinski definition) is 4. The second-order valence-electron chi connectivity index (χ2n) is 7.41. The third-order valence-electron chi connectivity index (χ3n) is 5.57. The van der Waals surface area contributed by atoms with E-state index in [-0.39, 0.29) is 17.7 Å². The van der Waals surface area contributed by atoms with Crippen LogP contribution in [0.2, 0.25) is 0 Å². The van der Waals surface area contributed by atoms with E-state index in [1.807, 2.05) is 42.3 Å². The number of nitrogens with zero attached hydrogens (tertiary/aromatic N) is 4. The fraction of sp³-hybridized carbons (Fsp3) is 0.304. The van der Waals surface area contributed by atoms with E-state index < -0.39 is 0 Å². The molecule has 7 heteroatoms. The van der Waals surface area contributed by atoms with Gasteiger partial charge in [0.2, 0.25) is 5.91 Å². The molecule has 7 nitrogen and oxygen atoms in total. The van der Waals surface area contributed by atoms with Crippen molar-refractivity contribution >= 4 is 11.8 Å². The van der Waals surface area contributed by atoms with Gasteiger partial charge >= 0.3 is 0 Å². The predicted molar refractivity (Wildman–Crippen MR) is 114 cm³/mol. The van der Waals surface area contributed by atoms with Crippen LogP contribution in [0.15, 0.2) is 61.2 Å². The number of H-pyrrole nitrogens is 1. The summed E-state index contributed by atoms with van der Waals surface area (Å²) in [6.07, 6.45) is 7.34. The van der Waals surface area contributed by atoms with Gasteiger partial charge in [-0.05, 0) is 30.5 Å². The Morgan fingerprint density at radius 1 is 1.17 bits per heavy atom. The Balaban J connectivity index is 1.63. The maximum atomic E-state index is 13.2. The second kappa shape index (κ2) is 8.90. The van der Waals surface area contributed by atoms with Gasteiger partial charge in [0.15, 0.2) is 5.82 Å². The molecule has 1 aromatic carbocycles. The fourth-order valence-corrected chi connectivity index (χ4v) is 3.99. The van der Waals surface area contributed by atoms with Gasteiger partial charge in [-0.1, -0.05) is 30.3 Å². The summed E-state index contributed by atoms with van der Waals surface area (Å²) in [6, 6.07) is 12.0. The Labute approximate surface area is 175 Å².